The Hall–Kier alpha value is -4.35. The van der Waals surface area contributed by atoms with Crippen LogP contribution in [0.25, 0.3) is 21.1 Å². The number of rotatable bonds is 8. The predicted molar refractivity (Wildman–Crippen MR) is 144 cm³/mol. The van der Waals surface area contributed by atoms with E-state index in [0.717, 1.165) is 19.6 Å². The van der Waals surface area contributed by atoms with Crippen molar-refractivity contribution in [2.75, 3.05) is 10.8 Å². The molecule has 0 saturated heterocycles. The van der Waals surface area contributed by atoms with Crippen LogP contribution in [0, 0.1) is 5.41 Å². The van der Waals surface area contributed by atoms with Crippen molar-refractivity contribution in [2.45, 2.75) is 11.3 Å². The molecule has 5 aromatic rings. The second kappa shape index (κ2) is 9.60. The number of anilines is 1. The van der Waals surface area contributed by atoms with E-state index in [4.69, 9.17) is 11.1 Å². The fraction of sp³-hybridized carbons (Fsp3) is 0.0769. The predicted octanol–water partition coefficient (Wildman–Crippen LogP) is 4.00. The number of carboxylic acids is 1. The van der Waals surface area contributed by atoms with Gasteiger partial charge in [-0.3, -0.25) is 19.5 Å². The number of aromatic nitrogens is 2. The zero-order chi connectivity index (χ0) is 26.2. The van der Waals surface area contributed by atoms with Crippen LogP contribution in [-0.2, 0) is 21.2 Å². The highest BCUT2D eigenvalue weighted by atomic mass is 32.2. The summed E-state index contributed by atoms with van der Waals surface area (Å²) in [4.78, 5) is 20.5. The first-order valence-electron chi connectivity index (χ1n) is 11.1. The van der Waals surface area contributed by atoms with Crippen molar-refractivity contribution >= 4 is 60.0 Å². The smallest absolute Gasteiger partial charge is 0.324 e. The first-order valence-corrected chi connectivity index (χ1v) is 13.4. The molecule has 0 fully saturated rings. The molecule has 0 aliphatic rings. The summed E-state index contributed by atoms with van der Waals surface area (Å²) in [6.45, 7) is -0.753. The number of benzene rings is 3. The number of sulfonamides is 1. The Morgan fingerprint density at radius 3 is 2.54 bits per heavy atom. The van der Waals surface area contributed by atoms with Crippen molar-refractivity contribution in [1.29, 1.82) is 5.41 Å². The molecule has 0 spiro atoms. The van der Waals surface area contributed by atoms with E-state index in [-0.39, 0.29) is 21.9 Å². The number of hydrogen-bond donors (Lipinski definition) is 3. The fourth-order valence-electron chi connectivity index (χ4n) is 4.01. The van der Waals surface area contributed by atoms with Gasteiger partial charge in [-0.05, 0) is 35.9 Å². The summed E-state index contributed by atoms with van der Waals surface area (Å²) in [6.07, 6.45) is 2.05. The molecule has 0 unspecified atom stereocenters. The number of nitrogens with one attached hydrogen (secondary N) is 1. The highest BCUT2D eigenvalue weighted by Crippen LogP contribution is 2.32. The quantitative estimate of drug-likeness (QED) is 0.202. The first-order chi connectivity index (χ1) is 17.7. The Kier molecular flexibility index (Phi) is 6.32. The molecule has 37 heavy (non-hydrogen) atoms. The number of aliphatic carboxylic acids is 1. The molecule has 0 amide bonds. The Morgan fingerprint density at radius 2 is 1.81 bits per heavy atom. The average molecular weight is 532 g/mol. The molecule has 0 radical (unpaired) electrons. The third-order valence-electron chi connectivity index (χ3n) is 5.77. The Bertz CT molecular complexity index is 1760. The van der Waals surface area contributed by atoms with Gasteiger partial charge in [-0.2, -0.15) is 0 Å². The molecule has 0 bridgehead atoms. The van der Waals surface area contributed by atoms with Gasteiger partial charge >= 0.3 is 5.97 Å². The van der Waals surface area contributed by atoms with Crippen LogP contribution in [0.1, 0.15) is 16.1 Å². The summed E-state index contributed by atoms with van der Waals surface area (Å²) in [5.74, 6) is -1.29. The van der Waals surface area contributed by atoms with Crippen LogP contribution in [0.3, 0.4) is 0 Å². The number of thiazole rings is 1. The Balaban J connectivity index is 1.52. The van der Waals surface area contributed by atoms with Gasteiger partial charge in [0.05, 0.1) is 26.4 Å². The van der Waals surface area contributed by atoms with E-state index in [1.165, 1.54) is 23.6 Å². The lowest BCUT2D eigenvalue weighted by Gasteiger charge is -2.23. The molecule has 0 atom stereocenters. The number of para-hydroxylation sites is 1. The molecule has 2 aromatic heterocycles. The van der Waals surface area contributed by atoms with Gasteiger partial charge in [0.1, 0.15) is 17.3 Å². The molecular formula is C26H21N5O4S2. The van der Waals surface area contributed by atoms with Crippen molar-refractivity contribution in [3.05, 3.63) is 95.1 Å². The minimum absolute atomic E-state index is 0.000726. The minimum atomic E-state index is -4.26. The van der Waals surface area contributed by atoms with Gasteiger partial charge in [-0.15, -0.1) is 11.3 Å². The van der Waals surface area contributed by atoms with Crippen molar-refractivity contribution in [1.82, 2.24) is 9.97 Å². The van der Waals surface area contributed by atoms with Crippen molar-refractivity contribution < 1.29 is 18.3 Å². The molecule has 9 nitrogen and oxygen atoms in total. The van der Waals surface area contributed by atoms with Crippen LogP contribution >= 0.6 is 11.3 Å². The normalized spacial score (nSPS) is 11.6. The number of carboxylic acid groups (broad SMARTS) is 1. The Morgan fingerprint density at radius 1 is 1.05 bits per heavy atom. The second-order valence-electron chi connectivity index (χ2n) is 8.28. The lowest BCUT2D eigenvalue weighted by molar-refractivity contribution is -0.135. The molecule has 0 aliphatic carbocycles. The van der Waals surface area contributed by atoms with E-state index in [2.05, 4.69) is 9.97 Å². The zero-order valence-corrected chi connectivity index (χ0v) is 21.0. The number of nitrogens with two attached hydrogens (primary N) is 1. The van der Waals surface area contributed by atoms with Gasteiger partial charge in [-0.1, -0.05) is 42.5 Å². The van der Waals surface area contributed by atoms with Gasteiger partial charge in [-0.25, -0.2) is 13.4 Å². The summed E-state index contributed by atoms with van der Waals surface area (Å²) in [5, 5.41) is 18.5. The zero-order valence-electron chi connectivity index (χ0n) is 19.3. The van der Waals surface area contributed by atoms with E-state index in [9.17, 15) is 18.3 Å². The molecule has 186 valence electrons. The molecular weight excluding hydrogens is 510 g/mol. The summed E-state index contributed by atoms with van der Waals surface area (Å²) in [5.41, 5.74) is 8.18. The van der Waals surface area contributed by atoms with E-state index in [1.54, 1.807) is 54.6 Å². The average Bonchev–Trinajstić information content (AvgIpc) is 3.28. The van der Waals surface area contributed by atoms with Gasteiger partial charge in [0.25, 0.3) is 10.0 Å². The van der Waals surface area contributed by atoms with Gasteiger partial charge in [0.15, 0.2) is 0 Å². The highest BCUT2D eigenvalue weighted by Gasteiger charge is 2.29. The number of carbonyl (C=O) groups is 1. The minimum Gasteiger partial charge on any atom is -0.480 e. The van der Waals surface area contributed by atoms with Crippen LogP contribution in [0.5, 0.6) is 0 Å². The topological polar surface area (TPSA) is 150 Å². The summed E-state index contributed by atoms with van der Waals surface area (Å²) >= 11 is 1.47. The van der Waals surface area contributed by atoms with Gasteiger partial charge in [0.2, 0.25) is 0 Å². The molecule has 0 aliphatic heterocycles. The van der Waals surface area contributed by atoms with E-state index >= 15 is 0 Å². The number of nitrogen functional groups attached to an aromatic ring is 1. The number of fused-ring (bicyclic) bond motifs is 2. The van der Waals surface area contributed by atoms with E-state index in [1.807, 2.05) is 12.1 Å². The molecule has 3 aromatic carbocycles. The lowest BCUT2D eigenvalue weighted by atomic mass is 10.1. The summed E-state index contributed by atoms with van der Waals surface area (Å²) < 4.78 is 29.2. The summed E-state index contributed by atoms with van der Waals surface area (Å²) in [7, 11) is -4.26. The lowest BCUT2D eigenvalue weighted by Crippen LogP contribution is -2.35. The highest BCUT2D eigenvalue weighted by molar-refractivity contribution is 7.93. The second-order valence-corrected chi connectivity index (χ2v) is 11.2. The van der Waals surface area contributed by atoms with Crippen LogP contribution in [-0.4, -0.2) is 41.8 Å². The van der Waals surface area contributed by atoms with E-state index < -0.39 is 22.5 Å². The fourth-order valence-corrected chi connectivity index (χ4v) is 6.57. The first kappa shape index (κ1) is 24.3. The van der Waals surface area contributed by atoms with Crippen LogP contribution in [0.4, 0.5) is 5.69 Å². The number of hydrogen-bond acceptors (Lipinski definition) is 7. The van der Waals surface area contributed by atoms with Crippen molar-refractivity contribution in [3.63, 3.8) is 0 Å². The monoisotopic (exact) mass is 531 g/mol. The third kappa shape index (κ3) is 4.86. The van der Waals surface area contributed by atoms with Gasteiger partial charge < -0.3 is 10.8 Å². The Labute approximate surface area is 216 Å². The van der Waals surface area contributed by atoms with Crippen molar-refractivity contribution in [3.8, 4) is 0 Å². The third-order valence-corrected chi connectivity index (χ3v) is 8.61. The maximum Gasteiger partial charge on any atom is 0.324 e. The van der Waals surface area contributed by atoms with E-state index in [0.29, 0.717) is 22.9 Å². The van der Waals surface area contributed by atoms with Crippen LogP contribution in [0.15, 0.2) is 83.9 Å². The maximum atomic E-state index is 13.7. The molecule has 0 saturated carbocycles. The molecule has 2 heterocycles. The number of nitrogens with zero attached hydrogens (tertiary/aromatic N) is 3. The van der Waals surface area contributed by atoms with Gasteiger partial charge in [0, 0.05) is 23.6 Å². The largest absolute Gasteiger partial charge is 0.480 e. The molecule has 4 N–H and O–H groups in total. The number of pyridine rings is 1. The summed E-state index contributed by atoms with van der Waals surface area (Å²) in [6, 6.07) is 20.5. The van der Waals surface area contributed by atoms with Crippen LogP contribution in [0.2, 0.25) is 0 Å². The maximum absolute atomic E-state index is 13.7. The van der Waals surface area contributed by atoms with Crippen LogP contribution < -0.4 is 10.0 Å². The standard InChI is InChI=1S/C26H21N5O4S2/c27-26(28)18-8-6-16(7-9-18)13-23-30-20-14-19(10-11-21(20)36-23)31(15-24(32)33)37(34,35)22-5-1-3-17-4-2-12-29-25(17)22/h1-12,14H,13,15H2,(H3,27,28)(H,32,33). The number of amidine groups is 1. The molecule has 5 rings (SSSR count). The SMILES string of the molecule is N=C(N)c1ccc(Cc2nc3cc(N(CC(=O)O)S(=O)(=O)c4cccc5cccnc45)ccc3s2)cc1. The van der Waals surface area contributed by atoms with Crippen molar-refractivity contribution in [2.24, 2.45) is 5.73 Å². The molecule has 11 heteroatoms.